The van der Waals surface area contributed by atoms with E-state index < -0.39 is 0 Å². The Balaban J connectivity index is 1.60. The molecule has 1 amide bonds. The van der Waals surface area contributed by atoms with Crippen LogP contribution in [0.5, 0.6) is 0 Å². The first-order valence-electron chi connectivity index (χ1n) is 6.49. The molecule has 0 radical (unpaired) electrons. The summed E-state index contributed by atoms with van der Waals surface area (Å²) in [6, 6.07) is 7.50. The van der Waals surface area contributed by atoms with Crippen molar-refractivity contribution in [1.82, 2.24) is 0 Å². The topological polar surface area (TPSA) is 47.6 Å². The van der Waals surface area contributed by atoms with E-state index in [0.29, 0.717) is 19.6 Å². The highest BCUT2D eigenvalue weighted by Gasteiger charge is 2.15. The molecule has 0 aromatic heterocycles. The summed E-state index contributed by atoms with van der Waals surface area (Å²) in [6.07, 6.45) is 2.75. The number of rotatable bonds is 6. The van der Waals surface area contributed by atoms with Gasteiger partial charge in [0.05, 0.1) is 25.7 Å². The van der Waals surface area contributed by atoms with E-state index in [0.717, 1.165) is 29.6 Å². The lowest BCUT2D eigenvalue weighted by Crippen LogP contribution is -2.18. The number of halogens is 1. The molecule has 1 aliphatic heterocycles. The Morgan fingerprint density at radius 3 is 2.89 bits per heavy atom. The second-order valence-electron chi connectivity index (χ2n) is 4.52. The lowest BCUT2D eigenvalue weighted by molar-refractivity contribution is -0.117. The predicted octanol–water partition coefficient (Wildman–Crippen LogP) is 2.97. The van der Waals surface area contributed by atoms with Gasteiger partial charge in [0, 0.05) is 16.8 Å². The van der Waals surface area contributed by atoms with Gasteiger partial charge in [-0.25, -0.2) is 0 Å². The molecule has 1 atom stereocenters. The average molecular weight is 328 g/mol. The molecule has 0 spiro atoms. The zero-order valence-electron chi connectivity index (χ0n) is 10.7. The molecule has 4 nitrogen and oxygen atoms in total. The van der Waals surface area contributed by atoms with Gasteiger partial charge in [0.2, 0.25) is 5.91 Å². The fourth-order valence-corrected chi connectivity index (χ4v) is 2.18. The molecule has 2 rings (SSSR count). The third-order valence-electron chi connectivity index (χ3n) is 2.93. The molecule has 1 aliphatic rings. The van der Waals surface area contributed by atoms with Crippen LogP contribution in [0.15, 0.2) is 28.7 Å². The van der Waals surface area contributed by atoms with E-state index in [-0.39, 0.29) is 12.0 Å². The molecule has 1 aromatic rings. The monoisotopic (exact) mass is 327 g/mol. The Hall–Kier alpha value is -0.910. The smallest absolute Gasteiger partial charge is 0.226 e. The first-order valence-corrected chi connectivity index (χ1v) is 7.28. The van der Waals surface area contributed by atoms with Crippen LogP contribution in [-0.4, -0.2) is 31.8 Å². The van der Waals surface area contributed by atoms with Crippen molar-refractivity contribution in [2.24, 2.45) is 0 Å². The largest absolute Gasteiger partial charge is 0.378 e. The van der Waals surface area contributed by atoms with Crippen LogP contribution in [0, 0.1) is 0 Å². The van der Waals surface area contributed by atoms with Gasteiger partial charge in [-0.2, -0.15) is 0 Å². The van der Waals surface area contributed by atoms with E-state index >= 15 is 0 Å². The molecule has 104 valence electrons. The third kappa shape index (κ3) is 5.30. The number of nitrogens with one attached hydrogen (secondary N) is 1. The van der Waals surface area contributed by atoms with E-state index in [2.05, 4.69) is 21.2 Å². The van der Waals surface area contributed by atoms with Crippen LogP contribution in [0.1, 0.15) is 19.3 Å². The highest BCUT2D eigenvalue weighted by atomic mass is 79.9. The number of amides is 1. The number of anilines is 1. The Labute approximate surface area is 121 Å². The highest BCUT2D eigenvalue weighted by Crippen LogP contribution is 2.14. The van der Waals surface area contributed by atoms with E-state index in [1.165, 1.54) is 0 Å². The number of hydrogen-bond donors (Lipinski definition) is 1. The van der Waals surface area contributed by atoms with Crippen molar-refractivity contribution in [3.8, 4) is 0 Å². The second kappa shape index (κ2) is 7.62. The van der Waals surface area contributed by atoms with Crippen LogP contribution < -0.4 is 5.32 Å². The fourth-order valence-electron chi connectivity index (χ4n) is 1.91. The maximum atomic E-state index is 11.7. The summed E-state index contributed by atoms with van der Waals surface area (Å²) in [5.74, 6) is -0.0327. The van der Waals surface area contributed by atoms with Gasteiger partial charge in [-0.1, -0.05) is 15.9 Å². The average Bonchev–Trinajstić information content (AvgIpc) is 2.91. The first kappa shape index (κ1) is 14.5. The molecule has 1 aromatic carbocycles. The minimum Gasteiger partial charge on any atom is -0.378 e. The minimum absolute atomic E-state index is 0.0327. The summed E-state index contributed by atoms with van der Waals surface area (Å²) in [5, 5.41) is 2.83. The van der Waals surface area contributed by atoms with Crippen LogP contribution in [0.2, 0.25) is 0 Å². The summed E-state index contributed by atoms with van der Waals surface area (Å²) in [6.45, 7) is 1.85. The SMILES string of the molecule is O=C(CCOCC1CCCO1)Nc1ccc(Br)cc1. The lowest BCUT2D eigenvalue weighted by atomic mass is 10.2. The quantitative estimate of drug-likeness (QED) is 0.817. The van der Waals surface area contributed by atoms with Crippen molar-refractivity contribution in [1.29, 1.82) is 0 Å². The Morgan fingerprint density at radius 1 is 1.42 bits per heavy atom. The Bertz CT molecular complexity index is 402. The molecule has 1 unspecified atom stereocenters. The lowest BCUT2D eigenvalue weighted by Gasteiger charge is -2.10. The van der Waals surface area contributed by atoms with Gasteiger partial charge < -0.3 is 14.8 Å². The van der Waals surface area contributed by atoms with Crippen LogP contribution >= 0.6 is 15.9 Å². The molecule has 1 heterocycles. The molecule has 19 heavy (non-hydrogen) atoms. The zero-order valence-corrected chi connectivity index (χ0v) is 12.3. The molecule has 0 bridgehead atoms. The maximum absolute atomic E-state index is 11.7. The summed E-state index contributed by atoms with van der Waals surface area (Å²) in [5.41, 5.74) is 0.798. The van der Waals surface area contributed by atoms with E-state index in [9.17, 15) is 4.79 Å². The van der Waals surface area contributed by atoms with Crippen LogP contribution in [0.3, 0.4) is 0 Å². The van der Waals surface area contributed by atoms with Crippen LogP contribution in [-0.2, 0) is 14.3 Å². The standard InChI is InChI=1S/C14H18BrNO3/c15-11-3-5-12(6-4-11)16-14(17)7-9-18-10-13-2-1-8-19-13/h3-6,13H,1-2,7-10H2,(H,16,17). The molecule has 1 saturated heterocycles. The zero-order chi connectivity index (χ0) is 13.5. The highest BCUT2D eigenvalue weighted by molar-refractivity contribution is 9.10. The molecule has 1 fully saturated rings. The van der Waals surface area contributed by atoms with Crippen LogP contribution in [0.4, 0.5) is 5.69 Å². The Morgan fingerprint density at radius 2 is 2.21 bits per heavy atom. The van der Waals surface area contributed by atoms with Crippen molar-refractivity contribution in [3.63, 3.8) is 0 Å². The summed E-state index contributed by atoms with van der Waals surface area (Å²) in [7, 11) is 0. The Kier molecular flexibility index (Phi) is 5.82. The molecular formula is C14H18BrNO3. The maximum Gasteiger partial charge on any atom is 0.226 e. The van der Waals surface area contributed by atoms with Crippen LogP contribution in [0.25, 0.3) is 0 Å². The van der Waals surface area contributed by atoms with Gasteiger partial charge in [0.15, 0.2) is 0 Å². The predicted molar refractivity (Wildman–Crippen MR) is 77.2 cm³/mol. The molecule has 5 heteroatoms. The van der Waals surface area contributed by atoms with Crippen molar-refractivity contribution in [2.45, 2.75) is 25.4 Å². The summed E-state index contributed by atoms with van der Waals surface area (Å²) in [4.78, 5) is 11.7. The third-order valence-corrected chi connectivity index (χ3v) is 3.46. The second-order valence-corrected chi connectivity index (χ2v) is 5.43. The summed E-state index contributed by atoms with van der Waals surface area (Å²) >= 11 is 3.35. The van der Waals surface area contributed by atoms with Crippen molar-refractivity contribution in [2.75, 3.05) is 25.1 Å². The molecule has 1 N–H and O–H groups in total. The normalized spacial score (nSPS) is 18.5. The number of benzene rings is 1. The van der Waals surface area contributed by atoms with E-state index in [1.807, 2.05) is 24.3 Å². The number of carbonyl (C=O) groups excluding carboxylic acids is 1. The number of ether oxygens (including phenoxy) is 2. The van der Waals surface area contributed by atoms with Gasteiger partial charge in [0.25, 0.3) is 0 Å². The molecule has 0 aliphatic carbocycles. The first-order chi connectivity index (χ1) is 9.24. The minimum atomic E-state index is -0.0327. The molecular weight excluding hydrogens is 310 g/mol. The fraction of sp³-hybridized carbons (Fsp3) is 0.500. The van der Waals surface area contributed by atoms with E-state index in [1.54, 1.807) is 0 Å². The van der Waals surface area contributed by atoms with Crippen molar-refractivity contribution >= 4 is 27.5 Å². The summed E-state index contributed by atoms with van der Waals surface area (Å²) < 4.78 is 11.9. The molecule has 0 saturated carbocycles. The van der Waals surface area contributed by atoms with E-state index in [4.69, 9.17) is 9.47 Å². The van der Waals surface area contributed by atoms with Gasteiger partial charge in [-0.05, 0) is 37.1 Å². The van der Waals surface area contributed by atoms with Crippen molar-refractivity contribution < 1.29 is 14.3 Å². The van der Waals surface area contributed by atoms with Gasteiger partial charge in [-0.3, -0.25) is 4.79 Å². The van der Waals surface area contributed by atoms with Gasteiger partial charge in [0.1, 0.15) is 0 Å². The van der Waals surface area contributed by atoms with Gasteiger partial charge >= 0.3 is 0 Å². The number of hydrogen-bond acceptors (Lipinski definition) is 3. The van der Waals surface area contributed by atoms with Gasteiger partial charge in [-0.15, -0.1) is 0 Å². The number of carbonyl (C=O) groups is 1. The van der Waals surface area contributed by atoms with Crippen molar-refractivity contribution in [3.05, 3.63) is 28.7 Å².